The molecule has 0 amide bonds. The molecule has 2 aromatic rings. The summed E-state index contributed by atoms with van der Waals surface area (Å²) in [7, 11) is 0. The second-order valence-corrected chi connectivity index (χ2v) is 5.20. The molecule has 0 saturated carbocycles. The normalized spacial score (nSPS) is 10.7. The Morgan fingerprint density at radius 3 is 2.71 bits per heavy atom. The Morgan fingerprint density at radius 1 is 1.24 bits per heavy atom. The SMILES string of the molecule is O=c1[nH]c(=S)n(CCCCCO)cc1Cc1cncnc1. The quantitative estimate of drug-likeness (QED) is 0.597. The number of aliphatic hydroxyl groups excluding tert-OH is 1. The van der Waals surface area contributed by atoms with E-state index in [2.05, 4.69) is 15.0 Å². The highest BCUT2D eigenvalue weighted by molar-refractivity contribution is 7.71. The van der Waals surface area contributed by atoms with Crippen molar-refractivity contribution < 1.29 is 5.11 Å². The minimum Gasteiger partial charge on any atom is -0.396 e. The predicted molar refractivity (Wildman–Crippen MR) is 81.7 cm³/mol. The maximum absolute atomic E-state index is 12.0. The fourth-order valence-corrected chi connectivity index (χ4v) is 2.30. The van der Waals surface area contributed by atoms with Crippen LogP contribution in [0.1, 0.15) is 30.4 Å². The van der Waals surface area contributed by atoms with E-state index in [1.165, 1.54) is 6.33 Å². The molecule has 0 fully saturated rings. The average Bonchev–Trinajstić information content (AvgIpc) is 2.49. The molecule has 7 heteroatoms. The molecule has 0 aromatic carbocycles. The van der Waals surface area contributed by atoms with E-state index in [9.17, 15) is 4.79 Å². The van der Waals surface area contributed by atoms with Gasteiger partial charge in [-0.1, -0.05) is 0 Å². The van der Waals surface area contributed by atoms with E-state index in [0.717, 1.165) is 31.4 Å². The third kappa shape index (κ3) is 4.57. The Hall–Kier alpha value is -1.86. The van der Waals surface area contributed by atoms with Crippen molar-refractivity contribution in [1.29, 1.82) is 0 Å². The number of rotatable bonds is 7. The lowest BCUT2D eigenvalue weighted by atomic mass is 10.1. The summed E-state index contributed by atoms with van der Waals surface area (Å²) in [5.41, 5.74) is 1.35. The Kier molecular flexibility index (Phi) is 5.77. The summed E-state index contributed by atoms with van der Waals surface area (Å²) in [5, 5.41) is 8.78. The molecule has 21 heavy (non-hydrogen) atoms. The third-order valence-electron chi connectivity index (χ3n) is 3.15. The zero-order valence-corrected chi connectivity index (χ0v) is 12.5. The van der Waals surface area contributed by atoms with Crippen LogP contribution in [0.5, 0.6) is 0 Å². The number of aromatic nitrogens is 4. The maximum atomic E-state index is 12.0. The van der Waals surface area contributed by atoms with Crippen LogP contribution in [0.25, 0.3) is 0 Å². The van der Waals surface area contributed by atoms with Gasteiger partial charge in [0.15, 0.2) is 4.77 Å². The molecule has 0 bridgehead atoms. The summed E-state index contributed by atoms with van der Waals surface area (Å²) in [6.07, 6.45) is 9.75. The molecule has 0 aliphatic heterocycles. The molecule has 0 saturated heterocycles. The molecule has 2 rings (SSSR count). The minimum atomic E-state index is -0.171. The number of hydrogen-bond donors (Lipinski definition) is 2. The van der Waals surface area contributed by atoms with Crippen molar-refractivity contribution in [3.05, 3.63) is 51.2 Å². The summed E-state index contributed by atoms with van der Waals surface area (Å²) < 4.78 is 2.30. The lowest BCUT2D eigenvalue weighted by Crippen LogP contribution is -2.18. The molecule has 2 heterocycles. The number of aromatic amines is 1. The summed E-state index contributed by atoms with van der Waals surface area (Å²) >= 11 is 5.18. The molecular weight excluding hydrogens is 288 g/mol. The van der Waals surface area contributed by atoms with Crippen LogP contribution in [0.2, 0.25) is 0 Å². The number of H-pyrrole nitrogens is 1. The number of nitrogens with one attached hydrogen (secondary N) is 1. The third-order valence-corrected chi connectivity index (χ3v) is 3.49. The van der Waals surface area contributed by atoms with Gasteiger partial charge in [-0.05, 0) is 37.0 Å². The van der Waals surface area contributed by atoms with E-state index in [-0.39, 0.29) is 12.2 Å². The molecule has 6 nitrogen and oxygen atoms in total. The van der Waals surface area contributed by atoms with Gasteiger partial charge >= 0.3 is 0 Å². The Morgan fingerprint density at radius 2 is 2.00 bits per heavy atom. The van der Waals surface area contributed by atoms with Gasteiger partial charge in [-0.25, -0.2) is 9.97 Å². The fraction of sp³-hybridized carbons (Fsp3) is 0.429. The van der Waals surface area contributed by atoms with Gasteiger partial charge in [-0.15, -0.1) is 0 Å². The average molecular weight is 306 g/mol. The largest absolute Gasteiger partial charge is 0.396 e. The summed E-state index contributed by atoms with van der Waals surface area (Å²) in [6, 6.07) is 0. The Bertz CT molecular complexity index is 681. The van der Waals surface area contributed by atoms with Crippen molar-refractivity contribution >= 4 is 12.2 Å². The smallest absolute Gasteiger partial charge is 0.255 e. The van der Waals surface area contributed by atoms with Crippen molar-refractivity contribution in [2.45, 2.75) is 32.2 Å². The van der Waals surface area contributed by atoms with Gasteiger partial charge < -0.3 is 9.67 Å². The molecule has 112 valence electrons. The van der Waals surface area contributed by atoms with Crippen LogP contribution in [0.3, 0.4) is 0 Å². The van der Waals surface area contributed by atoms with E-state index in [0.29, 0.717) is 16.8 Å². The number of unbranched alkanes of at least 4 members (excludes halogenated alkanes) is 2. The number of hydrogen-bond acceptors (Lipinski definition) is 5. The van der Waals surface area contributed by atoms with Crippen molar-refractivity contribution in [2.75, 3.05) is 6.61 Å². The minimum absolute atomic E-state index is 0.171. The van der Waals surface area contributed by atoms with Gasteiger partial charge in [0.2, 0.25) is 0 Å². The first-order valence-electron chi connectivity index (χ1n) is 6.88. The topological polar surface area (TPSA) is 83.8 Å². The van der Waals surface area contributed by atoms with E-state index >= 15 is 0 Å². The van der Waals surface area contributed by atoms with Crippen LogP contribution in [0.15, 0.2) is 29.7 Å². The molecule has 0 spiro atoms. The highest BCUT2D eigenvalue weighted by atomic mass is 32.1. The second kappa shape index (κ2) is 7.80. The zero-order valence-electron chi connectivity index (χ0n) is 11.7. The van der Waals surface area contributed by atoms with Gasteiger partial charge in [-0.3, -0.25) is 9.78 Å². The van der Waals surface area contributed by atoms with Gasteiger partial charge in [0.1, 0.15) is 6.33 Å². The fourth-order valence-electron chi connectivity index (χ4n) is 2.06. The maximum Gasteiger partial charge on any atom is 0.255 e. The monoisotopic (exact) mass is 306 g/mol. The van der Waals surface area contributed by atoms with Crippen LogP contribution in [0, 0.1) is 4.77 Å². The molecule has 0 atom stereocenters. The van der Waals surface area contributed by atoms with Crippen LogP contribution in [-0.2, 0) is 13.0 Å². The van der Waals surface area contributed by atoms with E-state index in [1.54, 1.807) is 18.6 Å². The number of aryl methyl sites for hydroxylation is 1. The lowest BCUT2D eigenvalue weighted by Gasteiger charge is -2.09. The summed E-state index contributed by atoms with van der Waals surface area (Å²) in [5.74, 6) is 0. The molecule has 0 aliphatic carbocycles. The molecular formula is C14H18N4O2S. The molecule has 0 radical (unpaired) electrons. The van der Waals surface area contributed by atoms with Crippen molar-refractivity contribution in [3.63, 3.8) is 0 Å². The van der Waals surface area contributed by atoms with Crippen LogP contribution in [-0.4, -0.2) is 31.2 Å². The van der Waals surface area contributed by atoms with Gasteiger partial charge in [-0.2, -0.15) is 0 Å². The lowest BCUT2D eigenvalue weighted by molar-refractivity contribution is 0.281. The van der Waals surface area contributed by atoms with Crippen molar-refractivity contribution in [1.82, 2.24) is 19.5 Å². The molecule has 0 aliphatic rings. The summed E-state index contributed by atoms with van der Waals surface area (Å²) in [4.78, 5) is 22.6. The highest BCUT2D eigenvalue weighted by Crippen LogP contribution is 2.05. The molecule has 2 N–H and O–H groups in total. The Balaban J connectivity index is 2.14. The number of aliphatic hydroxyl groups is 1. The van der Waals surface area contributed by atoms with Gasteiger partial charge in [0.05, 0.1) is 0 Å². The summed E-state index contributed by atoms with van der Waals surface area (Å²) in [6.45, 7) is 0.935. The van der Waals surface area contributed by atoms with Crippen LogP contribution < -0.4 is 5.56 Å². The van der Waals surface area contributed by atoms with Crippen molar-refractivity contribution in [3.8, 4) is 0 Å². The second-order valence-electron chi connectivity index (χ2n) is 4.81. The standard InChI is InChI=1S/C14H18N4O2S/c19-5-3-1-2-4-18-9-12(13(20)17-14(18)21)6-11-7-15-10-16-8-11/h7-10,19H,1-6H2,(H,17,20,21). The zero-order chi connectivity index (χ0) is 15.1. The van der Waals surface area contributed by atoms with Crippen molar-refractivity contribution in [2.24, 2.45) is 0 Å². The van der Waals surface area contributed by atoms with Crippen LogP contribution >= 0.6 is 12.2 Å². The van der Waals surface area contributed by atoms with E-state index < -0.39 is 0 Å². The first-order chi connectivity index (χ1) is 10.2. The number of nitrogens with zero attached hydrogens (tertiary/aromatic N) is 3. The van der Waals surface area contributed by atoms with Gasteiger partial charge in [0.25, 0.3) is 5.56 Å². The Labute approximate surface area is 127 Å². The van der Waals surface area contributed by atoms with E-state index in [4.69, 9.17) is 17.3 Å². The highest BCUT2D eigenvalue weighted by Gasteiger charge is 2.05. The van der Waals surface area contributed by atoms with Gasteiger partial charge in [0, 0.05) is 43.7 Å². The van der Waals surface area contributed by atoms with Crippen LogP contribution in [0.4, 0.5) is 0 Å². The molecule has 2 aromatic heterocycles. The molecule has 0 unspecified atom stereocenters. The predicted octanol–water partition coefficient (Wildman–Crippen LogP) is 1.45. The van der Waals surface area contributed by atoms with E-state index in [1.807, 2.05) is 4.57 Å². The first kappa shape index (κ1) is 15.5. The first-order valence-corrected chi connectivity index (χ1v) is 7.29.